The predicted molar refractivity (Wildman–Crippen MR) is 87.2 cm³/mol. The van der Waals surface area contributed by atoms with Crippen molar-refractivity contribution in [2.75, 3.05) is 19.6 Å². The van der Waals surface area contributed by atoms with Crippen LogP contribution >= 0.6 is 0 Å². The van der Waals surface area contributed by atoms with Crippen LogP contribution in [0.4, 0.5) is 0 Å². The number of benzene rings is 2. The van der Waals surface area contributed by atoms with E-state index in [-0.39, 0.29) is 12.5 Å². The topological polar surface area (TPSA) is 57.7 Å². The van der Waals surface area contributed by atoms with Gasteiger partial charge in [0.05, 0.1) is 0 Å². The largest absolute Gasteiger partial charge is 0.342 e. The van der Waals surface area contributed by atoms with Gasteiger partial charge in [0.1, 0.15) is 6.54 Å². The van der Waals surface area contributed by atoms with Crippen molar-refractivity contribution < 1.29 is 14.4 Å². The molecular weight excluding hydrogens is 292 g/mol. The lowest BCUT2D eigenvalue weighted by Gasteiger charge is -2.28. The first kappa shape index (κ1) is 15.2. The third-order valence-corrected chi connectivity index (χ3v) is 4.27. The smallest absolute Gasteiger partial charge is 0.261 e. The van der Waals surface area contributed by atoms with Crippen LogP contribution in [0.25, 0.3) is 10.8 Å². The fourth-order valence-corrected chi connectivity index (χ4v) is 3.04. The van der Waals surface area contributed by atoms with Crippen molar-refractivity contribution in [1.82, 2.24) is 9.80 Å². The van der Waals surface area contributed by atoms with Gasteiger partial charge in [-0.2, -0.15) is 0 Å². The van der Waals surface area contributed by atoms with Gasteiger partial charge in [0.15, 0.2) is 0 Å². The summed E-state index contributed by atoms with van der Waals surface area (Å²) in [6, 6.07) is 10.7. The summed E-state index contributed by atoms with van der Waals surface area (Å²) in [5.74, 6) is -1.03. The van der Waals surface area contributed by atoms with Crippen LogP contribution in [-0.4, -0.2) is 47.2 Å². The van der Waals surface area contributed by atoms with Crippen LogP contribution in [0.5, 0.6) is 0 Å². The molecule has 0 N–H and O–H groups in total. The molecule has 0 saturated heterocycles. The van der Waals surface area contributed by atoms with Crippen molar-refractivity contribution in [3.8, 4) is 0 Å². The number of nitrogens with zero attached hydrogens (tertiary/aromatic N) is 2. The first-order chi connectivity index (χ1) is 11.1. The Morgan fingerprint density at radius 2 is 1.48 bits per heavy atom. The highest BCUT2D eigenvalue weighted by Gasteiger charge is 2.34. The van der Waals surface area contributed by atoms with Gasteiger partial charge in [-0.1, -0.05) is 24.3 Å². The van der Waals surface area contributed by atoms with Gasteiger partial charge >= 0.3 is 0 Å². The normalized spacial score (nSPS) is 13.6. The van der Waals surface area contributed by atoms with Gasteiger partial charge in [0.2, 0.25) is 5.91 Å². The Hall–Kier alpha value is -2.69. The van der Waals surface area contributed by atoms with E-state index >= 15 is 0 Å². The Morgan fingerprint density at radius 1 is 0.957 bits per heavy atom. The number of hydrogen-bond acceptors (Lipinski definition) is 3. The average Bonchev–Trinajstić information content (AvgIpc) is 2.57. The molecule has 0 spiro atoms. The summed E-state index contributed by atoms with van der Waals surface area (Å²) in [6.07, 6.45) is 0. The molecular formula is C18H18N2O3. The van der Waals surface area contributed by atoms with E-state index in [2.05, 4.69) is 0 Å². The number of likely N-dealkylation sites (N-methyl/N-ethyl adjacent to an activating group) is 1. The second-order valence-corrected chi connectivity index (χ2v) is 5.47. The van der Waals surface area contributed by atoms with E-state index in [9.17, 15) is 14.4 Å². The summed E-state index contributed by atoms with van der Waals surface area (Å²) >= 11 is 0. The molecule has 0 saturated carbocycles. The number of carbonyl (C=O) groups excluding carboxylic acids is 3. The van der Waals surface area contributed by atoms with Crippen molar-refractivity contribution in [1.29, 1.82) is 0 Å². The minimum Gasteiger partial charge on any atom is -0.342 e. The summed E-state index contributed by atoms with van der Waals surface area (Å²) in [4.78, 5) is 40.3. The quantitative estimate of drug-likeness (QED) is 0.814. The highest BCUT2D eigenvalue weighted by molar-refractivity contribution is 6.26. The van der Waals surface area contributed by atoms with Crippen molar-refractivity contribution in [3.05, 3.63) is 47.5 Å². The lowest BCUT2D eigenvalue weighted by molar-refractivity contribution is -0.131. The first-order valence-electron chi connectivity index (χ1n) is 7.74. The molecule has 0 bridgehead atoms. The molecule has 23 heavy (non-hydrogen) atoms. The van der Waals surface area contributed by atoms with Crippen molar-refractivity contribution in [2.45, 2.75) is 13.8 Å². The molecule has 0 fully saturated rings. The lowest BCUT2D eigenvalue weighted by atomic mass is 9.94. The second kappa shape index (κ2) is 5.83. The van der Waals surface area contributed by atoms with Gasteiger partial charge in [0.25, 0.3) is 11.8 Å². The standard InChI is InChI=1S/C18H18N2O3/c1-3-19(4-2)15(21)11-20-17(22)13-9-5-7-12-8-6-10-14(16(12)13)18(20)23/h5-10H,3-4,11H2,1-2H3. The molecule has 2 aromatic carbocycles. The molecule has 0 unspecified atom stereocenters. The van der Waals surface area contributed by atoms with Crippen LogP contribution < -0.4 is 0 Å². The van der Waals surface area contributed by atoms with Gasteiger partial charge < -0.3 is 4.90 Å². The summed E-state index contributed by atoms with van der Waals surface area (Å²) in [5.41, 5.74) is 0.954. The molecule has 5 heteroatoms. The van der Waals surface area contributed by atoms with Crippen LogP contribution in [-0.2, 0) is 4.79 Å². The Balaban J connectivity index is 2.02. The molecule has 3 rings (SSSR count). The number of hydrogen-bond donors (Lipinski definition) is 0. The van der Waals surface area contributed by atoms with Crippen LogP contribution in [0.1, 0.15) is 34.6 Å². The third-order valence-electron chi connectivity index (χ3n) is 4.27. The Bertz CT molecular complexity index is 758. The van der Waals surface area contributed by atoms with E-state index in [0.717, 1.165) is 10.3 Å². The fourth-order valence-electron chi connectivity index (χ4n) is 3.04. The van der Waals surface area contributed by atoms with Gasteiger partial charge in [-0.25, -0.2) is 0 Å². The summed E-state index contributed by atoms with van der Waals surface area (Å²) in [6.45, 7) is 4.63. The van der Waals surface area contributed by atoms with Crippen molar-refractivity contribution in [3.63, 3.8) is 0 Å². The maximum Gasteiger partial charge on any atom is 0.261 e. The van der Waals surface area contributed by atoms with Gasteiger partial charge in [-0.3, -0.25) is 19.3 Å². The molecule has 2 aromatic rings. The molecule has 0 atom stereocenters. The van der Waals surface area contributed by atoms with E-state index in [0.29, 0.717) is 29.6 Å². The monoisotopic (exact) mass is 310 g/mol. The number of amides is 3. The number of rotatable bonds is 4. The van der Waals surface area contributed by atoms with E-state index in [4.69, 9.17) is 0 Å². The number of imide groups is 1. The Morgan fingerprint density at radius 3 is 1.96 bits per heavy atom. The molecule has 0 radical (unpaired) electrons. The predicted octanol–water partition coefficient (Wildman–Crippen LogP) is 2.30. The van der Waals surface area contributed by atoms with E-state index in [1.807, 2.05) is 26.0 Å². The van der Waals surface area contributed by atoms with E-state index < -0.39 is 11.8 Å². The molecule has 5 nitrogen and oxygen atoms in total. The molecule has 1 aliphatic heterocycles. The minimum absolute atomic E-state index is 0.218. The molecule has 1 heterocycles. The van der Waals surface area contributed by atoms with E-state index in [1.165, 1.54) is 0 Å². The maximum absolute atomic E-state index is 12.7. The zero-order valence-electron chi connectivity index (χ0n) is 13.2. The lowest BCUT2D eigenvalue weighted by Crippen LogP contribution is -2.47. The Labute approximate surface area is 134 Å². The average molecular weight is 310 g/mol. The van der Waals surface area contributed by atoms with Crippen molar-refractivity contribution >= 4 is 28.5 Å². The van der Waals surface area contributed by atoms with Gasteiger partial charge in [-0.15, -0.1) is 0 Å². The molecule has 118 valence electrons. The number of carbonyl (C=O) groups is 3. The summed E-state index contributed by atoms with van der Waals surface area (Å²) in [5, 5.41) is 1.54. The van der Waals surface area contributed by atoms with Crippen LogP contribution in [0, 0.1) is 0 Å². The molecule has 3 amide bonds. The minimum atomic E-state index is -0.403. The zero-order valence-corrected chi connectivity index (χ0v) is 13.2. The fraction of sp³-hybridized carbons (Fsp3) is 0.278. The third kappa shape index (κ3) is 2.38. The Kier molecular flexibility index (Phi) is 3.86. The van der Waals surface area contributed by atoms with Gasteiger partial charge in [-0.05, 0) is 31.4 Å². The van der Waals surface area contributed by atoms with Crippen LogP contribution in [0.15, 0.2) is 36.4 Å². The van der Waals surface area contributed by atoms with Crippen LogP contribution in [0.2, 0.25) is 0 Å². The SMILES string of the molecule is CCN(CC)C(=O)CN1C(=O)c2cccc3cccc(c23)C1=O. The van der Waals surface area contributed by atoms with Crippen LogP contribution in [0.3, 0.4) is 0 Å². The maximum atomic E-state index is 12.7. The zero-order chi connectivity index (χ0) is 16.6. The summed E-state index contributed by atoms with van der Waals surface area (Å²) < 4.78 is 0. The highest BCUT2D eigenvalue weighted by atomic mass is 16.2. The van der Waals surface area contributed by atoms with Gasteiger partial charge in [0, 0.05) is 29.6 Å². The summed E-state index contributed by atoms with van der Waals surface area (Å²) in [7, 11) is 0. The molecule has 0 aromatic heterocycles. The molecule has 0 aliphatic carbocycles. The van der Waals surface area contributed by atoms with Crippen molar-refractivity contribution in [2.24, 2.45) is 0 Å². The first-order valence-corrected chi connectivity index (χ1v) is 7.74. The highest BCUT2D eigenvalue weighted by Crippen LogP contribution is 2.29. The molecule has 1 aliphatic rings. The van der Waals surface area contributed by atoms with E-state index in [1.54, 1.807) is 29.2 Å². The second-order valence-electron chi connectivity index (χ2n) is 5.47.